The first-order chi connectivity index (χ1) is 13.4. The molecule has 0 aliphatic rings. The van der Waals surface area contributed by atoms with Gasteiger partial charge in [-0.3, -0.25) is 0 Å². The van der Waals surface area contributed by atoms with E-state index in [-0.39, 0.29) is 17.0 Å². The van der Waals surface area contributed by atoms with Gasteiger partial charge in [-0.2, -0.15) is 0 Å². The van der Waals surface area contributed by atoms with Gasteiger partial charge in [0.2, 0.25) is 0 Å². The number of carbonyl (C=O) groups is 2. The molecule has 0 radical (unpaired) electrons. The summed E-state index contributed by atoms with van der Waals surface area (Å²) in [4.78, 5) is 35.9. The van der Waals surface area contributed by atoms with Gasteiger partial charge in [0.05, 0.1) is 22.5 Å². The number of carbonyl (C=O) groups excluding carboxylic acids is 1. The van der Waals surface area contributed by atoms with Crippen LogP contribution in [0.25, 0.3) is 11.2 Å². The van der Waals surface area contributed by atoms with E-state index in [9.17, 15) is 9.59 Å². The molecular formula is C17H15ClN6O3S. The number of rotatable bonds is 5. The van der Waals surface area contributed by atoms with Crippen molar-refractivity contribution in [2.75, 3.05) is 16.2 Å². The average molecular weight is 419 g/mol. The minimum Gasteiger partial charge on any atom is -0.478 e. The third kappa shape index (κ3) is 4.24. The predicted molar refractivity (Wildman–Crippen MR) is 110 cm³/mol. The van der Waals surface area contributed by atoms with Crippen molar-refractivity contribution >= 4 is 64.9 Å². The van der Waals surface area contributed by atoms with Crippen molar-refractivity contribution in [2.24, 2.45) is 0 Å². The SMILES string of the molecule is CCNC(=O)N(S)c1ccc2ncc(Nc3cc(C(=O)O)ccc3Cl)nc2n1. The summed E-state index contributed by atoms with van der Waals surface area (Å²) in [6.07, 6.45) is 1.47. The number of pyridine rings is 1. The van der Waals surface area contributed by atoms with Crippen LogP contribution in [0.5, 0.6) is 0 Å². The number of nitrogens with one attached hydrogen (secondary N) is 2. The summed E-state index contributed by atoms with van der Waals surface area (Å²) in [6.45, 7) is 2.24. The molecule has 0 spiro atoms. The van der Waals surface area contributed by atoms with Crippen LogP contribution in [0, 0.1) is 0 Å². The molecular weight excluding hydrogens is 404 g/mol. The van der Waals surface area contributed by atoms with Gasteiger partial charge in [-0.05, 0) is 37.3 Å². The standard InChI is InChI=1S/C17H15ClN6O3S/c1-2-19-17(27)24(28)14-6-5-11-15(23-14)22-13(8-20-11)21-12-7-9(16(25)26)3-4-10(12)18/h3-8,28H,2H2,1H3,(H,19,27)(H,25,26)(H,21,22,23). The van der Waals surface area contributed by atoms with Crippen molar-refractivity contribution < 1.29 is 14.7 Å². The molecule has 11 heteroatoms. The number of fused-ring (bicyclic) bond motifs is 1. The number of aromatic nitrogens is 3. The highest BCUT2D eigenvalue weighted by molar-refractivity contribution is 7.82. The molecule has 2 amide bonds. The molecule has 144 valence electrons. The summed E-state index contributed by atoms with van der Waals surface area (Å²) >= 11 is 10.3. The molecule has 0 saturated heterocycles. The second-order valence-corrected chi connectivity index (χ2v) is 6.35. The van der Waals surface area contributed by atoms with Gasteiger partial charge in [-0.15, -0.1) is 0 Å². The van der Waals surface area contributed by atoms with E-state index in [0.29, 0.717) is 28.6 Å². The third-order valence-electron chi connectivity index (χ3n) is 3.61. The molecule has 3 N–H and O–H groups in total. The van der Waals surface area contributed by atoms with Crippen LogP contribution in [0.4, 0.5) is 22.1 Å². The molecule has 3 rings (SSSR count). The molecule has 0 saturated carbocycles. The molecule has 0 bridgehead atoms. The lowest BCUT2D eigenvalue weighted by Crippen LogP contribution is -2.34. The first kappa shape index (κ1) is 19.6. The molecule has 3 aromatic rings. The van der Waals surface area contributed by atoms with Gasteiger partial charge in [0.1, 0.15) is 11.3 Å². The zero-order valence-corrected chi connectivity index (χ0v) is 16.2. The molecule has 0 aliphatic heterocycles. The fourth-order valence-corrected chi connectivity index (χ4v) is 2.64. The van der Waals surface area contributed by atoms with Crippen LogP contribution in [-0.4, -0.2) is 38.6 Å². The minimum atomic E-state index is -1.07. The van der Waals surface area contributed by atoms with Gasteiger partial charge < -0.3 is 15.7 Å². The number of aromatic carboxylic acids is 1. The molecule has 0 fully saturated rings. The minimum absolute atomic E-state index is 0.0775. The Labute approximate surface area is 170 Å². The zero-order chi connectivity index (χ0) is 20.3. The van der Waals surface area contributed by atoms with Crippen LogP contribution < -0.4 is 14.9 Å². The number of nitrogens with zero attached hydrogens (tertiary/aromatic N) is 4. The largest absolute Gasteiger partial charge is 0.478 e. The molecule has 0 unspecified atom stereocenters. The van der Waals surface area contributed by atoms with Crippen LogP contribution in [0.15, 0.2) is 36.5 Å². The van der Waals surface area contributed by atoms with Gasteiger partial charge in [0, 0.05) is 6.54 Å². The first-order valence-corrected chi connectivity index (χ1v) is 8.87. The quantitative estimate of drug-likeness (QED) is 0.468. The van der Waals surface area contributed by atoms with Gasteiger partial charge >= 0.3 is 12.0 Å². The smallest absolute Gasteiger partial charge is 0.335 e. The van der Waals surface area contributed by atoms with Crippen molar-refractivity contribution in [3.8, 4) is 0 Å². The number of benzene rings is 1. The highest BCUT2D eigenvalue weighted by Crippen LogP contribution is 2.26. The Morgan fingerprint density at radius 1 is 1.25 bits per heavy atom. The Morgan fingerprint density at radius 2 is 2.04 bits per heavy atom. The fourth-order valence-electron chi connectivity index (χ4n) is 2.29. The summed E-state index contributed by atoms with van der Waals surface area (Å²) in [7, 11) is 0. The average Bonchev–Trinajstić information content (AvgIpc) is 2.68. The number of anilines is 3. The number of hydrogen-bond donors (Lipinski definition) is 4. The maximum absolute atomic E-state index is 11.9. The van der Waals surface area contributed by atoms with Gasteiger partial charge in [0.25, 0.3) is 0 Å². The molecule has 2 heterocycles. The van der Waals surface area contributed by atoms with E-state index in [1.165, 1.54) is 24.4 Å². The predicted octanol–water partition coefficient (Wildman–Crippen LogP) is 3.50. The maximum atomic E-state index is 11.9. The normalized spacial score (nSPS) is 10.5. The number of hydrogen-bond acceptors (Lipinski definition) is 7. The molecule has 1 aromatic carbocycles. The third-order valence-corrected chi connectivity index (χ3v) is 4.32. The fraction of sp³-hybridized carbons (Fsp3) is 0.118. The Hall–Kier alpha value is -3.11. The lowest BCUT2D eigenvalue weighted by molar-refractivity contribution is 0.0697. The van der Waals surface area contributed by atoms with E-state index >= 15 is 0 Å². The Kier molecular flexibility index (Phi) is 5.81. The molecule has 28 heavy (non-hydrogen) atoms. The molecule has 0 aliphatic carbocycles. The van der Waals surface area contributed by atoms with Gasteiger partial charge in [-0.1, -0.05) is 24.4 Å². The van der Waals surface area contributed by atoms with E-state index in [1.807, 2.05) is 0 Å². The summed E-state index contributed by atoms with van der Waals surface area (Å²) in [5.74, 6) is -0.487. The number of carboxylic acids is 1. The number of urea groups is 1. The summed E-state index contributed by atoms with van der Waals surface area (Å²) in [5, 5.41) is 15.0. The van der Waals surface area contributed by atoms with Crippen LogP contribution in [0.2, 0.25) is 5.02 Å². The summed E-state index contributed by atoms with van der Waals surface area (Å²) in [5.41, 5.74) is 1.23. The van der Waals surface area contributed by atoms with E-state index < -0.39 is 12.0 Å². The Balaban J connectivity index is 1.92. The van der Waals surface area contributed by atoms with Crippen molar-refractivity contribution in [2.45, 2.75) is 6.92 Å². The number of amides is 2. The Bertz CT molecular complexity index is 1060. The first-order valence-electron chi connectivity index (χ1n) is 8.09. The van der Waals surface area contributed by atoms with Gasteiger partial charge in [-0.25, -0.2) is 28.8 Å². The van der Waals surface area contributed by atoms with Crippen molar-refractivity contribution in [3.63, 3.8) is 0 Å². The second-order valence-electron chi connectivity index (χ2n) is 5.54. The van der Waals surface area contributed by atoms with Crippen molar-refractivity contribution in [1.82, 2.24) is 20.3 Å². The van der Waals surface area contributed by atoms with Gasteiger partial charge in [0.15, 0.2) is 11.5 Å². The molecule has 2 aromatic heterocycles. The second kappa shape index (κ2) is 8.28. The topological polar surface area (TPSA) is 120 Å². The highest BCUT2D eigenvalue weighted by Gasteiger charge is 2.14. The lowest BCUT2D eigenvalue weighted by atomic mass is 10.2. The number of carboxylic acid groups (broad SMARTS) is 1. The zero-order valence-electron chi connectivity index (χ0n) is 14.5. The van der Waals surface area contributed by atoms with Crippen LogP contribution in [0.1, 0.15) is 17.3 Å². The monoisotopic (exact) mass is 418 g/mol. The van der Waals surface area contributed by atoms with Crippen LogP contribution in [-0.2, 0) is 0 Å². The van der Waals surface area contributed by atoms with Crippen molar-refractivity contribution in [3.05, 3.63) is 47.1 Å². The summed E-state index contributed by atoms with van der Waals surface area (Å²) in [6, 6.07) is 7.11. The van der Waals surface area contributed by atoms with E-state index in [0.717, 1.165) is 4.31 Å². The van der Waals surface area contributed by atoms with E-state index in [2.05, 4.69) is 38.4 Å². The van der Waals surface area contributed by atoms with Crippen LogP contribution >= 0.6 is 24.4 Å². The Morgan fingerprint density at radius 3 is 2.75 bits per heavy atom. The maximum Gasteiger partial charge on any atom is 0.335 e. The molecule has 0 atom stereocenters. The van der Waals surface area contributed by atoms with E-state index in [1.54, 1.807) is 19.1 Å². The van der Waals surface area contributed by atoms with E-state index in [4.69, 9.17) is 16.7 Å². The molecule has 9 nitrogen and oxygen atoms in total. The lowest BCUT2D eigenvalue weighted by Gasteiger charge is -2.15. The van der Waals surface area contributed by atoms with Crippen LogP contribution in [0.3, 0.4) is 0 Å². The van der Waals surface area contributed by atoms with Crippen molar-refractivity contribution in [1.29, 1.82) is 0 Å². The summed E-state index contributed by atoms with van der Waals surface area (Å²) < 4.78 is 1.07. The number of halogens is 1. The number of thiol groups is 1. The highest BCUT2D eigenvalue weighted by atomic mass is 35.5.